The summed E-state index contributed by atoms with van der Waals surface area (Å²) in [5.41, 5.74) is 28.3. The maximum absolute atomic E-state index is 5.83. The summed E-state index contributed by atoms with van der Waals surface area (Å²) in [5.74, 6) is 1.38. The van der Waals surface area contributed by atoms with Crippen molar-refractivity contribution in [3.63, 3.8) is 0 Å². The number of aromatic nitrogens is 9. The summed E-state index contributed by atoms with van der Waals surface area (Å²) >= 11 is 4.83. The summed E-state index contributed by atoms with van der Waals surface area (Å²) in [6.45, 7) is 0. The van der Waals surface area contributed by atoms with Gasteiger partial charge >= 0.3 is 90.7 Å². The van der Waals surface area contributed by atoms with Crippen LogP contribution in [-0.2, 0) is 63.4 Å². The number of hydrogen-bond donors (Lipinski definition) is 0. The predicted octanol–water partition coefficient (Wildman–Crippen LogP) is 26.7. The van der Waals surface area contributed by atoms with Gasteiger partial charge in [0, 0.05) is 36.5 Å². The fourth-order valence-electron chi connectivity index (χ4n) is 14.5. The van der Waals surface area contributed by atoms with Crippen molar-refractivity contribution in [2.45, 2.75) is 0 Å². The van der Waals surface area contributed by atoms with Gasteiger partial charge in [-0.3, -0.25) is 4.57 Å². The van der Waals surface area contributed by atoms with Crippen LogP contribution in [0.25, 0.3) is 178 Å². The second-order valence-electron chi connectivity index (χ2n) is 26.9. The summed E-state index contributed by atoms with van der Waals surface area (Å²) in [4.78, 5) is 27.9. The van der Waals surface area contributed by atoms with E-state index in [-0.39, 0.29) is 6.08 Å². The summed E-state index contributed by atoms with van der Waals surface area (Å²) in [6.07, 6.45) is 7.24. The molecule has 21 aromatic rings. The van der Waals surface area contributed by atoms with E-state index in [1.165, 1.54) is 45.2 Å². The zero-order valence-electron chi connectivity index (χ0n) is 62.1. The van der Waals surface area contributed by atoms with E-state index in [2.05, 4.69) is 324 Å². The number of hydrogen-bond acceptors (Lipinski definition) is 9. The van der Waals surface area contributed by atoms with Gasteiger partial charge in [0.05, 0.1) is 22.3 Å². The fraction of sp³-hybridized carbons (Fsp3) is 0.0101. The molecule has 0 atom stereocenters. The molecule has 0 fully saturated rings. The van der Waals surface area contributed by atoms with Crippen molar-refractivity contribution in [1.29, 1.82) is 0 Å². The Labute approximate surface area is 721 Å². The van der Waals surface area contributed by atoms with Crippen molar-refractivity contribution >= 4 is 94.3 Å². The van der Waals surface area contributed by atoms with Crippen molar-refractivity contribution in [3.05, 3.63) is 389 Å². The molecule has 8 heterocycles. The minimum atomic E-state index is 0.190. The smallest absolute Gasteiger partial charge is 0.398 e. The number of pyridine rings is 3. The summed E-state index contributed by atoms with van der Waals surface area (Å²) in [7, 11) is 15.9. The van der Waals surface area contributed by atoms with Crippen LogP contribution < -0.4 is 4.74 Å². The van der Waals surface area contributed by atoms with Crippen LogP contribution in [0.5, 0.6) is 11.8 Å². The van der Waals surface area contributed by atoms with E-state index >= 15 is 0 Å². The van der Waals surface area contributed by atoms with E-state index in [1.54, 1.807) is 56.3 Å². The van der Waals surface area contributed by atoms with Crippen LogP contribution in [0.4, 0.5) is 0 Å². The molecule has 0 saturated carbocycles. The monoisotopic (exact) mass is 2120 g/mol. The van der Waals surface area contributed by atoms with E-state index in [9.17, 15) is 0 Å². The molecule has 12 nitrogen and oxygen atoms in total. The zero-order valence-corrected chi connectivity index (χ0v) is 71.1. The molecule has 18 heteroatoms. The molecule has 0 radical (unpaired) electrons. The number of aryl methyl sites for hydroxylation is 1. The van der Waals surface area contributed by atoms with Gasteiger partial charge in [-0.05, 0) is 161 Å². The Bertz CT molecular complexity index is 6930. The third-order valence-corrected chi connectivity index (χ3v) is 20.0. The number of oxazole rings is 2. The Morgan fingerprint density at radius 1 is 0.333 bits per heavy atom. The SMILES string of the molecule is Cn1c(-n2c3[c-]c(-c4cc(-c5ccc(-c6ccccc6)cc5)ccn4)ccc3c3ccccc32)nc2ccccc21.[Cl][Pt+].[Cl][Pt+].[Cl][Pt+].[c-]1c(-c2cc(-c3ccc(-c4ccccc4)cc3)ccn2)cccc1-n1c2ccccc2c2ocnc21.[c-]1c(Oc2nc3ccccc3o2)cccc1-c1cc(-c2ccc(-c3ccccc3)cc2)ccn1. The molecule has 0 unspecified atom stereocenters. The maximum Gasteiger partial charge on any atom is 0.398 e. The molecule has 574 valence electrons. The van der Waals surface area contributed by atoms with Gasteiger partial charge in [0.1, 0.15) is 5.52 Å². The molecule has 0 saturated heterocycles. The summed E-state index contributed by atoms with van der Waals surface area (Å²) < 4.78 is 23.7. The molecule has 0 spiro atoms. The van der Waals surface area contributed by atoms with Crippen LogP contribution in [-0.4, -0.2) is 43.6 Å². The Morgan fingerprint density at radius 2 is 0.761 bits per heavy atom. The number of benzene rings is 13. The number of ether oxygens (including phenoxy) is 1. The van der Waals surface area contributed by atoms with Crippen LogP contribution in [0.2, 0.25) is 0 Å². The van der Waals surface area contributed by atoms with E-state index < -0.39 is 0 Å². The second-order valence-corrected chi connectivity index (χ2v) is 26.9. The second kappa shape index (κ2) is 37.2. The van der Waals surface area contributed by atoms with E-state index in [4.69, 9.17) is 23.5 Å². The Balaban J connectivity index is 0.000000128. The van der Waals surface area contributed by atoms with Gasteiger partial charge in [0.15, 0.2) is 23.2 Å². The van der Waals surface area contributed by atoms with Crippen LogP contribution in [0.15, 0.2) is 380 Å². The van der Waals surface area contributed by atoms with Gasteiger partial charge in [-0.15, -0.1) is 77.4 Å². The first-order valence-corrected chi connectivity index (χ1v) is 45.4. The molecule has 13 aromatic carbocycles. The van der Waals surface area contributed by atoms with Gasteiger partial charge < -0.3 is 37.7 Å². The average Bonchev–Trinajstić information content (AvgIpc) is 1.57. The first-order valence-electron chi connectivity index (χ1n) is 36.9. The van der Waals surface area contributed by atoms with Gasteiger partial charge in [0.25, 0.3) is 0 Å². The molecule has 0 bridgehead atoms. The molecule has 0 aliphatic rings. The van der Waals surface area contributed by atoms with E-state index in [0.29, 0.717) is 11.3 Å². The normalized spacial score (nSPS) is 10.9. The van der Waals surface area contributed by atoms with Crippen molar-refractivity contribution in [3.8, 4) is 124 Å². The topological polar surface area (TPSA) is 128 Å². The Kier molecular flexibility index (Phi) is 25.0. The Hall–Kier alpha value is -12.2. The number of rotatable bonds is 13. The van der Waals surface area contributed by atoms with Gasteiger partial charge in [-0.1, -0.05) is 248 Å². The van der Waals surface area contributed by atoms with Crippen LogP contribution in [0.1, 0.15) is 0 Å². The third kappa shape index (κ3) is 17.1. The number of imidazole rings is 1. The van der Waals surface area contributed by atoms with Gasteiger partial charge in [-0.2, -0.15) is 9.97 Å². The Morgan fingerprint density at radius 3 is 1.28 bits per heavy atom. The molecular weight excluding hydrogens is 2050 g/mol. The first-order chi connectivity index (χ1) is 57.9. The molecule has 0 N–H and O–H groups in total. The van der Waals surface area contributed by atoms with Crippen LogP contribution in [0, 0.1) is 18.2 Å². The van der Waals surface area contributed by atoms with E-state index in [0.717, 1.165) is 134 Å². The maximum atomic E-state index is 5.83. The summed E-state index contributed by atoms with van der Waals surface area (Å²) in [6, 6.07) is 129. The number of fused-ring (bicyclic) bond motifs is 8. The molecular formula is C99H64Cl3N9O3Pt3. The molecule has 21 rings (SSSR count). The van der Waals surface area contributed by atoms with Gasteiger partial charge in [0.2, 0.25) is 5.95 Å². The first kappa shape index (κ1) is 78.7. The van der Waals surface area contributed by atoms with Gasteiger partial charge in [-0.25, -0.2) is 4.98 Å². The third-order valence-electron chi connectivity index (χ3n) is 20.0. The number of nitrogens with zero attached hydrogens (tertiary/aromatic N) is 9. The number of para-hydroxylation sites is 6. The minimum absolute atomic E-state index is 0.190. The van der Waals surface area contributed by atoms with Crippen molar-refractivity contribution < 1.29 is 69.9 Å². The van der Waals surface area contributed by atoms with E-state index in [1.807, 2.05) is 128 Å². The molecule has 117 heavy (non-hydrogen) atoms. The quantitative estimate of drug-likeness (QED) is 0.104. The predicted molar refractivity (Wildman–Crippen MR) is 463 cm³/mol. The van der Waals surface area contributed by atoms with Crippen molar-refractivity contribution in [2.24, 2.45) is 7.05 Å². The van der Waals surface area contributed by atoms with Crippen LogP contribution in [0.3, 0.4) is 0 Å². The molecule has 0 aliphatic carbocycles. The minimum Gasteiger partial charge on any atom is -0.441 e. The van der Waals surface area contributed by atoms with Crippen molar-refractivity contribution in [2.75, 3.05) is 0 Å². The molecule has 8 aromatic heterocycles. The largest absolute Gasteiger partial charge is 0.441 e. The van der Waals surface area contributed by atoms with Crippen LogP contribution >= 0.6 is 28.3 Å². The molecule has 0 amide bonds. The zero-order chi connectivity index (χ0) is 80.0. The standard InChI is InChI=1S/C37H25N4.C32H20N3O.C30H19N2O2.3ClH.3Pt/c1-40-35-14-8-6-12-32(35)39-37(40)41-34-13-7-5-11-30(34)31-20-19-29(24-36(31)41)33-23-28(21-22-38-33)27-17-15-26(16-18-27)25-9-3-2-4-10-25;1-2-7-22(8-3-1)23-13-15-24(16-14-23)25-17-18-33-29(20-25)26-9-6-10-27(19-26)35-30-12-5-4-11-28(30)31-32(35)34-21-36-31;1-2-7-21(8-3-1)22-13-15-23(16-14-22)24-17-18-31-28(20-24)25-9-6-10-26(19-25)33-30-32-27-11-4-5-12-29(27)34-30;;;;;;/h2-23H,1H3;1-18,20-21H;1-18,20H;3*1H;;;/q3*-1;;;;3*+2/p-3. The number of halogens is 3. The van der Waals surface area contributed by atoms with Crippen molar-refractivity contribution in [1.82, 2.24) is 43.6 Å². The average molecular weight is 2120 g/mol. The summed E-state index contributed by atoms with van der Waals surface area (Å²) in [5, 5.41) is 3.35. The molecule has 0 aliphatic heterocycles. The fourth-order valence-corrected chi connectivity index (χ4v) is 14.5.